The number of ether oxygens (including phenoxy) is 3. The van der Waals surface area contributed by atoms with Gasteiger partial charge in [-0.25, -0.2) is 10.9 Å². The highest BCUT2D eigenvalue weighted by Crippen LogP contribution is 2.37. The minimum Gasteiger partial charge on any atom is -0.461 e. The van der Waals surface area contributed by atoms with Gasteiger partial charge in [0.15, 0.2) is 23.3 Å². The molecule has 0 aromatic heterocycles. The monoisotopic (exact) mass is 559 g/mol. The van der Waals surface area contributed by atoms with E-state index in [1.54, 1.807) is 18.2 Å². The van der Waals surface area contributed by atoms with Crippen molar-refractivity contribution in [1.82, 2.24) is 10.9 Å². The van der Waals surface area contributed by atoms with Crippen LogP contribution in [0.15, 0.2) is 76.9 Å². The zero-order valence-corrected chi connectivity index (χ0v) is 20.6. The summed E-state index contributed by atoms with van der Waals surface area (Å²) in [5, 5.41) is 38.5. The van der Waals surface area contributed by atoms with Crippen molar-refractivity contribution in [3.05, 3.63) is 104 Å². The van der Waals surface area contributed by atoms with Gasteiger partial charge in [0, 0.05) is 41.0 Å². The zero-order chi connectivity index (χ0) is 29.1. The van der Waals surface area contributed by atoms with Gasteiger partial charge in [-0.05, 0) is 24.3 Å². The average Bonchev–Trinajstić information content (AvgIpc) is 3.57. The number of non-ortho nitro benzene ring substituents is 2. The smallest absolute Gasteiger partial charge is 0.271 e. The molecule has 0 bridgehead atoms. The largest absolute Gasteiger partial charge is 0.461 e. The number of benzene rings is 3. The fraction of sp³-hybridized carbons (Fsp3) is 0.0800. The van der Waals surface area contributed by atoms with Crippen LogP contribution >= 0.6 is 0 Å². The molecule has 0 radical (unpaired) electrons. The molecule has 3 aromatic carbocycles. The molecule has 0 spiro atoms. The predicted molar refractivity (Wildman–Crippen MR) is 140 cm³/mol. The standard InChI is InChI=1S/C25H17N7O9/c26-23-21(28-30-25(34)15-4-2-6-17(10-15)32(37)38)20(22(41-23)13-7-8-18-19(11-13)40-12-39-18)27-29-24(33)14-3-1-5-16(9-14)31(35)36/h1-11,22,26H,12H2,(H,29,33)(H,30,34)/b26-23?,27-20+,28-21+/t22-/m1/s1. The number of fused-ring (bicyclic) bond motifs is 1. The van der Waals surface area contributed by atoms with Crippen molar-refractivity contribution >= 4 is 40.5 Å². The molecule has 2 amide bonds. The minimum absolute atomic E-state index is 0.0106. The fourth-order valence-corrected chi connectivity index (χ4v) is 3.86. The van der Waals surface area contributed by atoms with Gasteiger partial charge in [-0.3, -0.25) is 35.2 Å². The fourth-order valence-electron chi connectivity index (χ4n) is 3.86. The normalized spacial score (nSPS) is 17.3. The maximum atomic E-state index is 12.8. The summed E-state index contributed by atoms with van der Waals surface area (Å²) in [5.74, 6) is -1.24. The minimum atomic E-state index is -1.09. The molecule has 1 fully saturated rings. The first-order valence-corrected chi connectivity index (χ1v) is 11.6. The lowest BCUT2D eigenvalue weighted by molar-refractivity contribution is -0.385. The third-order valence-corrected chi connectivity index (χ3v) is 5.83. The molecule has 206 valence electrons. The lowest BCUT2D eigenvalue weighted by Gasteiger charge is -2.11. The highest BCUT2D eigenvalue weighted by atomic mass is 16.7. The Kier molecular flexibility index (Phi) is 7.02. The van der Waals surface area contributed by atoms with Gasteiger partial charge >= 0.3 is 0 Å². The van der Waals surface area contributed by atoms with E-state index >= 15 is 0 Å². The molecule has 16 heteroatoms. The Bertz CT molecular complexity index is 1690. The number of hydrazone groups is 2. The van der Waals surface area contributed by atoms with Gasteiger partial charge in [-0.1, -0.05) is 18.2 Å². The summed E-state index contributed by atoms with van der Waals surface area (Å²) in [4.78, 5) is 46.3. The molecule has 5 rings (SSSR count). The van der Waals surface area contributed by atoms with Crippen molar-refractivity contribution < 1.29 is 33.6 Å². The van der Waals surface area contributed by atoms with Gasteiger partial charge < -0.3 is 14.2 Å². The first kappa shape index (κ1) is 26.4. The average molecular weight is 559 g/mol. The van der Waals surface area contributed by atoms with Crippen molar-refractivity contribution in [3.8, 4) is 11.5 Å². The van der Waals surface area contributed by atoms with Gasteiger partial charge in [0.1, 0.15) is 5.71 Å². The number of carbonyl (C=O) groups excluding carboxylic acids is 2. The van der Waals surface area contributed by atoms with Gasteiger partial charge in [0.2, 0.25) is 12.7 Å². The third-order valence-electron chi connectivity index (χ3n) is 5.83. The van der Waals surface area contributed by atoms with Crippen LogP contribution in [0.3, 0.4) is 0 Å². The Morgan fingerprint density at radius 3 is 2.02 bits per heavy atom. The molecule has 16 nitrogen and oxygen atoms in total. The lowest BCUT2D eigenvalue weighted by atomic mass is 10.0. The Balaban J connectivity index is 1.46. The van der Waals surface area contributed by atoms with E-state index in [4.69, 9.17) is 19.6 Å². The molecule has 3 N–H and O–H groups in total. The van der Waals surface area contributed by atoms with Crippen LogP contribution in [0.4, 0.5) is 11.4 Å². The molecule has 3 aromatic rings. The van der Waals surface area contributed by atoms with E-state index in [-0.39, 0.29) is 40.7 Å². The number of amides is 2. The summed E-state index contributed by atoms with van der Waals surface area (Å²) in [6.07, 6.45) is -1.09. The van der Waals surface area contributed by atoms with Crippen molar-refractivity contribution in [2.75, 3.05) is 6.79 Å². The molecule has 0 saturated carbocycles. The number of nitro groups is 2. The Morgan fingerprint density at radius 1 is 0.829 bits per heavy atom. The molecule has 2 aliphatic heterocycles. The van der Waals surface area contributed by atoms with Crippen LogP contribution in [-0.4, -0.2) is 45.8 Å². The van der Waals surface area contributed by atoms with Gasteiger partial charge in [-0.2, -0.15) is 10.2 Å². The number of nitro benzene ring substituents is 2. The predicted octanol–water partition coefficient (Wildman–Crippen LogP) is 2.85. The zero-order valence-electron chi connectivity index (χ0n) is 20.6. The van der Waals surface area contributed by atoms with Crippen LogP contribution in [-0.2, 0) is 4.74 Å². The number of hydrogen-bond acceptors (Lipinski definition) is 12. The van der Waals surface area contributed by atoms with E-state index in [1.165, 1.54) is 36.4 Å². The van der Waals surface area contributed by atoms with Crippen LogP contribution in [0.25, 0.3) is 0 Å². The second-order valence-corrected chi connectivity index (χ2v) is 8.39. The third kappa shape index (κ3) is 5.51. The first-order chi connectivity index (χ1) is 19.7. The van der Waals surface area contributed by atoms with Gasteiger partial charge in [-0.15, -0.1) is 0 Å². The molecule has 1 saturated heterocycles. The Morgan fingerprint density at radius 2 is 1.41 bits per heavy atom. The topological polar surface area (TPSA) is 221 Å². The summed E-state index contributed by atoms with van der Waals surface area (Å²) >= 11 is 0. The summed E-state index contributed by atoms with van der Waals surface area (Å²) in [6, 6.07) is 14.7. The molecule has 1 atom stereocenters. The van der Waals surface area contributed by atoms with Crippen LogP contribution in [0, 0.1) is 25.6 Å². The van der Waals surface area contributed by atoms with Gasteiger partial charge in [0.25, 0.3) is 23.2 Å². The van der Waals surface area contributed by atoms with E-state index < -0.39 is 33.7 Å². The summed E-state index contributed by atoms with van der Waals surface area (Å²) in [7, 11) is 0. The molecule has 0 unspecified atom stereocenters. The van der Waals surface area contributed by atoms with Crippen LogP contribution < -0.4 is 20.3 Å². The van der Waals surface area contributed by atoms with Crippen molar-refractivity contribution in [1.29, 1.82) is 5.41 Å². The molecular formula is C25H17N7O9. The second-order valence-electron chi connectivity index (χ2n) is 8.39. The van der Waals surface area contributed by atoms with E-state index in [0.29, 0.717) is 17.1 Å². The van der Waals surface area contributed by atoms with E-state index in [1.807, 2.05) is 0 Å². The molecule has 0 aliphatic carbocycles. The maximum absolute atomic E-state index is 12.8. The van der Waals surface area contributed by atoms with Crippen molar-refractivity contribution in [2.24, 2.45) is 10.2 Å². The quantitative estimate of drug-likeness (QED) is 0.286. The Labute approximate surface area is 229 Å². The molecule has 2 heterocycles. The molecule has 2 aliphatic rings. The second kappa shape index (κ2) is 10.9. The highest BCUT2D eigenvalue weighted by molar-refractivity contribution is 6.69. The van der Waals surface area contributed by atoms with E-state index in [0.717, 1.165) is 12.1 Å². The molecular weight excluding hydrogens is 542 g/mol. The van der Waals surface area contributed by atoms with E-state index in [2.05, 4.69) is 21.1 Å². The van der Waals surface area contributed by atoms with Crippen LogP contribution in [0.1, 0.15) is 32.4 Å². The maximum Gasteiger partial charge on any atom is 0.271 e. The van der Waals surface area contributed by atoms with E-state index in [9.17, 15) is 29.8 Å². The number of hydrogen-bond donors (Lipinski definition) is 3. The Hall–Kier alpha value is -6.19. The first-order valence-electron chi connectivity index (χ1n) is 11.6. The number of rotatable bonds is 7. The van der Waals surface area contributed by atoms with Crippen molar-refractivity contribution in [3.63, 3.8) is 0 Å². The molecule has 41 heavy (non-hydrogen) atoms. The van der Waals surface area contributed by atoms with Crippen LogP contribution in [0.2, 0.25) is 0 Å². The summed E-state index contributed by atoms with van der Waals surface area (Å²) in [6.45, 7) is 0.0106. The lowest BCUT2D eigenvalue weighted by Crippen LogP contribution is -2.28. The van der Waals surface area contributed by atoms with Gasteiger partial charge in [0.05, 0.1) is 9.85 Å². The van der Waals surface area contributed by atoms with Crippen LogP contribution in [0.5, 0.6) is 11.5 Å². The highest BCUT2D eigenvalue weighted by Gasteiger charge is 2.38. The number of nitrogens with zero attached hydrogens (tertiary/aromatic N) is 4. The summed E-state index contributed by atoms with van der Waals surface area (Å²) < 4.78 is 16.4. The number of nitrogens with one attached hydrogen (secondary N) is 3. The number of carbonyl (C=O) groups is 2. The SMILES string of the molecule is N=C1O[C@H](c2ccc3c(c2)OCO3)C(=N/NC(=O)c2cccc([N+](=O)[O-])c2)/C1=N\NC(=O)c1cccc([N+](=O)[O-])c1. The van der Waals surface area contributed by atoms with Crippen molar-refractivity contribution in [2.45, 2.75) is 6.10 Å². The summed E-state index contributed by atoms with van der Waals surface area (Å²) in [5.41, 5.74) is 3.83.